The lowest BCUT2D eigenvalue weighted by atomic mass is 10.1. The minimum atomic E-state index is -0.489. The lowest BCUT2D eigenvalue weighted by Crippen LogP contribution is -2.14. The predicted molar refractivity (Wildman–Crippen MR) is 94.2 cm³/mol. The number of aryl methyl sites for hydroxylation is 1. The highest BCUT2D eigenvalue weighted by Gasteiger charge is 2.05. The molecule has 0 aromatic heterocycles. The number of primary amides is 1. The molecule has 5 nitrogen and oxygen atoms in total. The Bertz CT molecular complexity index is 724. The zero-order valence-corrected chi connectivity index (χ0v) is 14.0. The number of benzene rings is 2. The Morgan fingerprint density at radius 2 is 1.79 bits per heavy atom. The Labute approximate surface area is 141 Å². The second-order valence-corrected chi connectivity index (χ2v) is 5.64. The third-order valence-electron chi connectivity index (χ3n) is 3.81. The molecule has 0 aliphatic heterocycles. The predicted octanol–water partition coefficient (Wildman–Crippen LogP) is 3.20. The number of amides is 2. The van der Waals surface area contributed by atoms with Gasteiger partial charge in [0.25, 0.3) is 0 Å². The smallest absolute Gasteiger partial charge is 0.248 e. The number of anilines is 1. The molecule has 0 saturated carbocycles. The van der Waals surface area contributed by atoms with Crippen LogP contribution < -0.4 is 15.8 Å². The number of hydrogen-bond acceptors (Lipinski definition) is 3. The second kappa shape index (κ2) is 8.15. The molecule has 2 rings (SSSR count). The lowest BCUT2D eigenvalue weighted by Gasteiger charge is -2.11. The maximum absolute atomic E-state index is 11.9. The number of hydrogen-bond donors (Lipinski definition) is 2. The van der Waals surface area contributed by atoms with E-state index in [4.69, 9.17) is 10.5 Å². The standard InChI is InChI=1S/C19H22N2O3/c1-13-5-3-6-17(14(13)2)24-12-4-7-18(22)21-16-10-8-15(9-11-16)19(20)23/h3,5-6,8-11H,4,7,12H2,1-2H3,(H2,20,23)(H,21,22). The van der Waals surface area contributed by atoms with Gasteiger partial charge < -0.3 is 15.8 Å². The van der Waals surface area contributed by atoms with E-state index >= 15 is 0 Å². The molecule has 5 heteroatoms. The van der Waals surface area contributed by atoms with E-state index in [0.717, 1.165) is 11.3 Å². The van der Waals surface area contributed by atoms with Crippen LogP contribution in [0.3, 0.4) is 0 Å². The fourth-order valence-electron chi connectivity index (χ4n) is 2.24. The van der Waals surface area contributed by atoms with Gasteiger partial charge >= 0.3 is 0 Å². The molecule has 2 aromatic rings. The third-order valence-corrected chi connectivity index (χ3v) is 3.81. The molecule has 126 valence electrons. The molecule has 0 radical (unpaired) electrons. The minimum Gasteiger partial charge on any atom is -0.493 e. The first-order valence-corrected chi connectivity index (χ1v) is 7.86. The van der Waals surface area contributed by atoms with E-state index in [1.54, 1.807) is 24.3 Å². The number of nitrogens with one attached hydrogen (secondary N) is 1. The van der Waals surface area contributed by atoms with Crippen LogP contribution >= 0.6 is 0 Å². The number of carbonyl (C=O) groups is 2. The van der Waals surface area contributed by atoms with Gasteiger partial charge in [-0.1, -0.05) is 12.1 Å². The summed E-state index contributed by atoms with van der Waals surface area (Å²) >= 11 is 0. The monoisotopic (exact) mass is 326 g/mol. The molecule has 0 aliphatic rings. The molecule has 0 fully saturated rings. The van der Waals surface area contributed by atoms with E-state index in [-0.39, 0.29) is 5.91 Å². The van der Waals surface area contributed by atoms with Crippen LogP contribution in [0.1, 0.15) is 34.3 Å². The van der Waals surface area contributed by atoms with E-state index < -0.39 is 5.91 Å². The van der Waals surface area contributed by atoms with Crippen molar-refractivity contribution in [2.75, 3.05) is 11.9 Å². The van der Waals surface area contributed by atoms with Gasteiger partial charge in [0.15, 0.2) is 0 Å². The summed E-state index contributed by atoms with van der Waals surface area (Å²) in [4.78, 5) is 22.9. The van der Waals surface area contributed by atoms with Crippen molar-refractivity contribution in [3.63, 3.8) is 0 Å². The lowest BCUT2D eigenvalue weighted by molar-refractivity contribution is -0.116. The summed E-state index contributed by atoms with van der Waals surface area (Å²) in [6, 6.07) is 12.4. The second-order valence-electron chi connectivity index (χ2n) is 5.64. The van der Waals surface area contributed by atoms with Crippen LogP contribution in [-0.4, -0.2) is 18.4 Å². The summed E-state index contributed by atoms with van der Waals surface area (Å²) in [6.07, 6.45) is 0.987. The Morgan fingerprint density at radius 1 is 1.08 bits per heavy atom. The van der Waals surface area contributed by atoms with E-state index in [1.165, 1.54) is 5.56 Å². The molecular formula is C19H22N2O3. The molecule has 24 heavy (non-hydrogen) atoms. The van der Waals surface area contributed by atoms with Gasteiger partial charge in [-0.3, -0.25) is 9.59 Å². The van der Waals surface area contributed by atoms with Gasteiger partial charge in [0.2, 0.25) is 11.8 Å². The third kappa shape index (κ3) is 4.84. The van der Waals surface area contributed by atoms with Crippen molar-refractivity contribution in [3.8, 4) is 5.75 Å². The normalized spacial score (nSPS) is 10.2. The van der Waals surface area contributed by atoms with Crippen molar-refractivity contribution >= 4 is 17.5 Å². The average Bonchev–Trinajstić information content (AvgIpc) is 2.55. The van der Waals surface area contributed by atoms with Crippen LogP contribution in [0.5, 0.6) is 5.75 Å². The molecule has 0 aliphatic carbocycles. The quantitative estimate of drug-likeness (QED) is 0.767. The van der Waals surface area contributed by atoms with E-state index in [9.17, 15) is 9.59 Å². The van der Waals surface area contributed by atoms with Crippen LogP contribution in [0, 0.1) is 13.8 Å². The van der Waals surface area contributed by atoms with Gasteiger partial charge in [-0.15, -0.1) is 0 Å². The van der Waals surface area contributed by atoms with Gasteiger partial charge in [-0.2, -0.15) is 0 Å². The maximum Gasteiger partial charge on any atom is 0.248 e. The summed E-state index contributed by atoms with van der Waals surface area (Å²) < 4.78 is 5.73. The summed E-state index contributed by atoms with van der Waals surface area (Å²) in [5.41, 5.74) is 8.53. The summed E-state index contributed by atoms with van der Waals surface area (Å²) in [6.45, 7) is 4.55. The van der Waals surface area contributed by atoms with Gasteiger partial charge in [0, 0.05) is 17.7 Å². The molecule has 0 saturated heterocycles. The zero-order valence-electron chi connectivity index (χ0n) is 14.0. The highest BCUT2D eigenvalue weighted by Crippen LogP contribution is 2.20. The van der Waals surface area contributed by atoms with Crippen LogP contribution in [0.15, 0.2) is 42.5 Å². The summed E-state index contributed by atoms with van der Waals surface area (Å²) in [5.74, 6) is 0.278. The summed E-state index contributed by atoms with van der Waals surface area (Å²) in [5, 5.41) is 2.78. The van der Waals surface area contributed by atoms with E-state index in [0.29, 0.717) is 30.7 Å². The molecule has 0 heterocycles. The Balaban J connectivity index is 1.75. The van der Waals surface area contributed by atoms with E-state index in [1.807, 2.05) is 32.0 Å². The first kappa shape index (κ1) is 17.5. The van der Waals surface area contributed by atoms with Crippen molar-refractivity contribution in [1.82, 2.24) is 0 Å². The SMILES string of the molecule is Cc1cccc(OCCCC(=O)Nc2ccc(C(N)=O)cc2)c1C. The van der Waals surface area contributed by atoms with Crippen molar-refractivity contribution in [2.45, 2.75) is 26.7 Å². The Kier molecular flexibility index (Phi) is 5.95. The van der Waals surface area contributed by atoms with Crippen LogP contribution in [0.25, 0.3) is 0 Å². The van der Waals surface area contributed by atoms with Crippen molar-refractivity contribution in [2.24, 2.45) is 5.73 Å². The van der Waals surface area contributed by atoms with Crippen LogP contribution in [0.2, 0.25) is 0 Å². The first-order chi connectivity index (χ1) is 11.5. The zero-order chi connectivity index (χ0) is 17.5. The Hall–Kier alpha value is -2.82. The van der Waals surface area contributed by atoms with Crippen molar-refractivity contribution in [1.29, 1.82) is 0 Å². The van der Waals surface area contributed by atoms with Crippen LogP contribution in [-0.2, 0) is 4.79 Å². The first-order valence-electron chi connectivity index (χ1n) is 7.86. The fourth-order valence-corrected chi connectivity index (χ4v) is 2.24. The molecule has 2 aromatic carbocycles. The van der Waals surface area contributed by atoms with Crippen molar-refractivity contribution in [3.05, 3.63) is 59.2 Å². The minimum absolute atomic E-state index is 0.0913. The molecule has 0 unspecified atom stereocenters. The molecule has 0 spiro atoms. The largest absolute Gasteiger partial charge is 0.493 e. The van der Waals surface area contributed by atoms with Gasteiger partial charge in [0.05, 0.1) is 6.61 Å². The topological polar surface area (TPSA) is 81.4 Å². The highest BCUT2D eigenvalue weighted by molar-refractivity contribution is 5.94. The average molecular weight is 326 g/mol. The highest BCUT2D eigenvalue weighted by atomic mass is 16.5. The molecule has 0 bridgehead atoms. The van der Waals surface area contributed by atoms with Crippen LogP contribution in [0.4, 0.5) is 5.69 Å². The number of ether oxygens (including phenoxy) is 1. The summed E-state index contributed by atoms with van der Waals surface area (Å²) in [7, 11) is 0. The van der Waals surface area contributed by atoms with Gasteiger partial charge in [-0.05, 0) is 61.7 Å². The molecular weight excluding hydrogens is 304 g/mol. The number of rotatable bonds is 7. The molecule has 0 atom stereocenters. The Morgan fingerprint density at radius 3 is 2.46 bits per heavy atom. The molecule has 3 N–H and O–H groups in total. The fraction of sp³-hybridized carbons (Fsp3) is 0.263. The van der Waals surface area contributed by atoms with Gasteiger partial charge in [0.1, 0.15) is 5.75 Å². The number of carbonyl (C=O) groups excluding carboxylic acids is 2. The van der Waals surface area contributed by atoms with E-state index in [2.05, 4.69) is 5.32 Å². The maximum atomic E-state index is 11.9. The van der Waals surface area contributed by atoms with Gasteiger partial charge in [-0.25, -0.2) is 0 Å². The molecule has 2 amide bonds. The number of nitrogens with two attached hydrogens (primary N) is 1. The van der Waals surface area contributed by atoms with Crippen molar-refractivity contribution < 1.29 is 14.3 Å².